The van der Waals surface area contributed by atoms with Crippen molar-refractivity contribution in [3.8, 4) is 0 Å². The lowest BCUT2D eigenvalue weighted by Crippen LogP contribution is -2.56. The Morgan fingerprint density at radius 3 is 2.13 bits per heavy atom. The first-order valence-electron chi connectivity index (χ1n) is 7.36. The lowest BCUT2D eigenvalue weighted by Gasteiger charge is -2.37. The lowest BCUT2D eigenvalue weighted by molar-refractivity contribution is -0.377. The van der Waals surface area contributed by atoms with Crippen molar-refractivity contribution in [3.63, 3.8) is 0 Å². The molecule has 5 unspecified atom stereocenters. The van der Waals surface area contributed by atoms with Crippen LogP contribution in [0.3, 0.4) is 0 Å². The third-order valence-electron chi connectivity index (χ3n) is 3.95. The first kappa shape index (κ1) is 18.9. The van der Waals surface area contributed by atoms with Crippen molar-refractivity contribution < 1.29 is 49.5 Å². The fourth-order valence-corrected chi connectivity index (χ4v) is 2.46. The van der Waals surface area contributed by atoms with E-state index in [1.54, 1.807) is 0 Å². The van der Waals surface area contributed by atoms with Crippen LogP contribution in [-0.2, 0) is 24.0 Å². The van der Waals surface area contributed by atoms with Gasteiger partial charge in [-0.3, -0.25) is 0 Å². The molecule has 0 spiro atoms. The van der Waals surface area contributed by atoms with E-state index in [1.807, 2.05) is 0 Å². The van der Waals surface area contributed by atoms with Crippen LogP contribution in [0.25, 0.3) is 0 Å². The molecule has 0 amide bonds. The minimum absolute atomic E-state index is 0.0122. The largest absolute Gasteiger partial charge is 0.388 e. The molecule has 2 aliphatic rings. The number of hydrogen-bond acceptors (Lipinski definition) is 10. The zero-order chi connectivity index (χ0) is 17.0. The monoisotopic (exact) mass is 340 g/mol. The van der Waals surface area contributed by atoms with E-state index in [0.29, 0.717) is 0 Å². The van der Waals surface area contributed by atoms with Crippen LogP contribution in [0.5, 0.6) is 0 Å². The van der Waals surface area contributed by atoms with Gasteiger partial charge in [0.1, 0.15) is 55.4 Å². The molecule has 0 aliphatic carbocycles. The molecule has 0 aromatic heterocycles. The van der Waals surface area contributed by atoms with Crippen molar-refractivity contribution in [1.29, 1.82) is 0 Å². The molecule has 0 aromatic carbocycles. The fraction of sp³-hybridized carbons (Fsp3) is 1.00. The van der Waals surface area contributed by atoms with Crippen molar-refractivity contribution in [3.05, 3.63) is 0 Å². The topological polar surface area (TPSA) is 147 Å². The molecular formula is C13H24O10. The van der Waals surface area contributed by atoms with E-state index in [-0.39, 0.29) is 26.4 Å². The van der Waals surface area contributed by atoms with Gasteiger partial charge in [-0.15, -0.1) is 0 Å². The predicted octanol–water partition coefficient (Wildman–Crippen LogP) is -3.45. The fourth-order valence-electron chi connectivity index (χ4n) is 2.46. The number of hydrogen-bond donors (Lipinski definition) is 5. The molecule has 10 heteroatoms. The molecule has 5 N–H and O–H groups in total. The second kappa shape index (κ2) is 8.62. The van der Waals surface area contributed by atoms with Crippen LogP contribution >= 0.6 is 0 Å². The summed E-state index contributed by atoms with van der Waals surface area (Å²) in [5.74, 6) is 0. The molecule has 0 radical (unpaired) electrons. The quantitative estimate of drug-likeness (QED) is 0.244. The highest BCUT2D eigenvalue weighted by molar-refractivity contribution is 4.88. The summed E-state index contributed by atoms with van der Waals surface area (Å²) in [7, 11) is 1.45. The van der Waals surface area contributed by atoms with Crippen molar-refractivity contribution in [2.45, 2.75) is 48.8 Å². The summed E-state index contributed by atoms with van der Waals surface area (Å²) in [5, 5.41) is 48.4. The Kier molecular flexibility index (Phi) is 7.10. The van der Waals surface area contributed by atoms with E-state index in [9.17, 15) is 25.5 Å². The molecule has 10 nitrogen and oxygen atoms in total. The van der Waals surface area contributed by atoms with Crippen LogP contribution in [0.1, 0.15) is 0 Å². The van der Waals surface area contributed by atoms with Gasteiger partial charge < -0.3 is 39.7 Å². The van der Waals surface area contributed by atoms with Crippen molar-refractivity contribution in [1.82, 2.24) is 0 Å². The highest BCUT2D eigenvalue weighted by atomic mass is 17.2. The zero-order valence-electron chi connectivity index (χ0n) is 12.7. The SMILES string of the molecule is COCC1OC[C@@H](OOCC2OCC(O)C(O)[C@@H]2O)C(O)[C@@H]1O. The zero-order valence-corrected chi connectivity index (χ0v) is 12.7. The predicted molar refractivity (Wildman–Crippen MR) is 72.2 cm³/mol. The van der Waals surface area contributed by atoms with Gasteiger partial charge >= 0.3 is 0 Å². The van der Waals surface area contributed by atoms with Crippen LogP contribution < -0.4 is 0 Å². The van der Waals surface area contributed by atoms with Crippen LogP contribution in [0.4, 0.5) is 0 Å². The van der Waals surface area contributed by atoms with E-state index < -0.39 is 48.8 Å². The van der Waals surface area contributed by atoms with E-state index in [0.717, 1.165) is 0 Å². The molecule has 2 heterocycles. The number of ether oxygens (including phenoxy) is 3. The maximum atomic E-state index is 9.96. The molecule has 0 bridgehead atoms. The molecule has 0 saturated carbocycles. The number of methoxy groups -OCH3 is 1. The van der Waals surface area contributed by atoms with Gasteiger partial charge in [0.2, 0.25) is 0 Å². The summed E-state index contributed by atoms with van der Waals surface area (Å²) in [4.78, 5) is 9.91. The van der Waals surface area contributed by atoms with E-state index in [2.05, 4.69) is 0 Å². The van der Waals surface area contributed by atoms with Gasteiger partial charge in [-0.2, -0.15) is 0 Å². The standard InChI is InChI=1S/C13H24O10/c1-19-3-7-12(17)13(18)9(4-21-7)23-22-5-8-11(16)10(15)6(14)2-20-8/h6-18H,2-5H2,1H3/t6?,7?,8?,9-,10?,11-,12-,13?/m1/s1. The molecule has 0 aromatic rings. The second-order valence-electron chi connectivity index (χ2n) is 5.65. The van der Waals surface area contributed by atoms with E-state index >= 15 is 0 Å². The van der Waals surface area contributed by atoms with E-state index in [1.165, 1.54) is 7.11 Å². The Bertz CT molecular complexity index is 356. The van der Waals surface area contributed by atoms with Crippen LogP contribution in [-0.4, -0.2) is 108 Å². The molecular weight excluding hydrogens is 316 g/mol. The van der Waals surface area contributed by atoms with Crippen LogP contribution in [0.2, 0.25) is 0 Å². The van der Waals surface area contributed by atoms with Gasteiger partial charge in [-0.25, -0.2) is 9.78 Å². The molecule has 23 heavy (non-hydrogen) atoms. The van der Waals surface area contributed by atoms with Gasteiger partial charge in [-0.1, -0.05) is 0 Å². The number of aliphatic hydroxyl groups is 5. The summed E-state index contributed by atoms with van der Waals surface area (Å²) < 4.78 is 15.3. The molecule has 2 rings (SSSR count). The summed E-state index contributed by atoms with van der Waals surface area (Å²) >= 11 is 0. The molecule has 2 fully saturated rings. The summed E-state index contributed by atoms with van der Waals surface area (Å²) in [6.07, 6.45) is -8.71. The Hall–Kier alpha value is -0.400. The molecule has 2 aliphatic heterocycles. The Labute approximate surface area is 133 Å². The summed E-state index contributed by atoms with van der Waals surface area (Å²) in [6.45, 7) is -0.250. The maximum Gasteiger partial charge on any atom is 0.145 e. The summed E-state index contributed by atoms with van der Waals surface area (Å²) in [6, 6.07) is 0. The third kappa shape index (κ3) is 4.57. The summed E-state index contributed by atoms with van der Waals surface area (Å²) in [5.41, 5.74) is 0. The highest BCUT2D eigenvalue weighted by Crippen LogP contribution is 2.20. The van der Waals surface area contributed by atoms with Gasteiger partial charge in [0.15, 0.2) is 0 Å². The van der Waals surface area contributed by atoms with Crippen molar-refractivity contribution >= 4 is 0 Å². The van der Waals surface area contributed by atoms with Crippen LogP contribution in [0, 0.1) is 0 Å². The molecule has 136 valence electrons. The Morgan fingerprint density at radius 1 is 0.826 bits per heavy atom. The maximum absolute atomic E-state index is 9.96. The van der Waals surface area contributed by atoms with Crippen molar-refractivity contribution in [2.24, 2.45) is 0 Å². The van der Waals surface area contributed by atoms with Gasteiger partial charge in [0.25, 0.3) is 0 Å². The highest BCUT2D eigenvalue weighted by Gasteiger charge is 2.41. The smallest absolute Gasteiger partial charge is 0.145 e. The second-order valence-corrected chi connectivity index (χ2v) is 5.65. The normalized spacial score (nSPS) is 45.1. The minimum Gasteiger partial charge on any atom is -0.388 e. The van der Waals surface area contributed by atoms with Crippen molar-refractivity contribution in [2.75, 3.05) is 33.5 Å². The third-order valence-corrected chi connectivity index (χ3v) is 3.95. The first-order chi connectivity index (χ1) is 11.0. The lowest BCUT2D eigenvalue weighted by atomic mass is 10.0. The minimum atomic E-state index is -1.34. The number of aliphatic hydroxyl groups excluding tert-OH is 5. The average molecular weight is 340 g/mol. The Balaban J connectivity index is 1.74. The molecule has 8 atom stereocenters. The molecule has 2 saturated heterocycles. The van der Waals surface area contributed by atoms with E-state index in [4.69, 9.17) is 24.0 Å². The Morgan fingerprint density at radius 2 is 1.43 bits per heavy atom. The number of rotatable bonds is 6. The first-order valence-corrected chi connectivity index (χ1v) is 7.36. The van der Waals surface area contributed by atoms with Gasteiger partial charge in [0, 0.05) is 7.11 Å². The van der Waals surface area contributed by atoms with Gasteiger partial charge in [0.05, 0.1) is 19.8 Å². The average Bonchev–Trinajstić information content (AvgIpc) is 2.54. The van der Waals surface area contributed by atoms with Gasteiger partial charge in [-0.05, 0) is 0 Å². The van der Waals surface area contributed by atoms with Crippen LogP contribution in [0.15, 0.2) is 0 Å².